The van der Waals surface area contributed by atoms with E-state index in [1.165, 1.54) is 11.3 Å². The van der Waals surface area contributed by atoms with E-state index in [0.717, 1.165) is 32.1 Å². The SMILES string of the molecule is CCN(CC)C(=O)Nc1cnc(N)c2c(-c3ccc(NC(=O)c4cc5ccccc5n4C)c(OC)c3)csc12. The standard InChI is InChI=1S/C29H30N6O3S/c1-5-35(6-2)29(37)33-21-15-31-27(30)25-19(16-39-26(21)25)17-11-12-20(24(14-17)38-4)32-28(36)23-13-18-9-7-8-10-22(18)34(23)3/h7-16H,5-6H2,1-4H3,(H2,30,31)(H,32,36)(H,33,37). The Morgan fingerprint density at radius 2 is 1.85 bits per heavy atom. The summed E-state index contributed by atoms with van der Waals surface area (Å²) in [7, 11) is 3.44. The second kappa shape index (κ2) is 10.7. The molecule has 0 saturated heterocycles. The Labute approximate surface area is 230 Å². The predicted molar refractivity (Wildman–Crippen MR) is 159 cm³/mol. The summed E-state index contributed by atoms with van der Waals surface area (Å²) in [6, 6.07) is 15.1. The summed E-state index contributed by atoms with van der Waals surface area (Å²) in [6.45, 7) is 5.08. The number of nitrogens with two attached hydrogens (primary N) is 1. The summed E-state index contributed by atoms with van der Waals surface area (Å²) in [6.07, 6.45) is 1.59. The molecule has 10 heteroatoms. The van der Waals surface area contributed by atoms with E-state index < -0.39 is 0 Å². The number of amides is 3. The molecule has 9 nitrogen and oxygen atoms in total. The third-order valence-electron chi connectivity index (χ3n) is 6.86. The fourth-order valence-electron chi connectivity index (χ4n) is 4.73. The van der Waals surface area contributed by atoms with Gasteiger partial charge in [-0.2, -0.15) is 0 Å². The maximum atomic E-state index is 13.2. The van der Waals surface area contributed by atoms with Gasteiger partial charge < -0.3 is 30.6 Å². The zero-order valence-electron chi connectivity index (χ0n) is 22.2. The average molecular weight is 543 g/mol. The number of nitrogen functional groups attached to an aromatic ring is 1. The summed E-state index contributed by atoms with van der Waals surface area (Å²) in [5.74, 6) is 0.647. The molecule has 0 radical (unpaired) electrons. The van der Waals surface area contributed by atoms with Crippen molar-refractivity contribution in [3.05, 3.63) is 65.8 Å². The molecular formula is C29H30N6O3S. The number of urea groups is 1. The predicted octanol–water partition coefficient (Wildman–Crippen LogP) is 6.17. The molecule has 3 amide bonds. The van der Waals surface area contributed by atoms with Gasteiger partial charge in [0, 0.05) is 47.4 Å². The van der Waals surface area contributed by atoms with Crippen LogP contribution in [0, 0.1) is 0 Å². The number of aromatic nitrogens is 2. The maximum Gasteiger partial charge on any atom is 0.321 e. The number of hydrogen-bond acceptors (Lipinski definition) is 6. The Morgan fingerprint density at radius 3 is 2.56 bits per heavy atom. The molecular weight excluding hydrogens is 512 g/mol. The van der Waals surface area contributed by atoms with E-state index in [-0.39, 0.29) is 11.9 Å². The van der Waals surface area contributed by atoms with Crippen molar-refractivity contribution in [2.45, 2.75) is 13.8 Å². The molecule has 0 atom stereocenters. The van der Waals surface area contributed by atoms with Crippen LogP contribution in [-0.4, -0.2) is 46.6 Å². The van der Waals surface area contributed by atoms with Gasteiger partial charge in [0.25, 0.3) is 5.91 Å². The van der Waals surface area contributed by atoms with Gasteiger partial charge in [-0.3, -0.25) is 4.79 Å². The summed E-state index contributed by atoms with van der Waals surface area (Å²) in [4.78, 5) is 31.9. The summed E-state index contributed by atoms with van der Waals surface area (Å²) < 4.78 is 8.36. The number of pyridine rings is 1. The first kappa shape index (κ1) is 26.1. The maximum absolute atomic E-state index is 13.2. The molecule has 2 aromatic carbocycles. The summed E-state index contributed by atoms with van der Waals surface area (Å²) >= 11 is 1.48. The van der Waals surface area contributed by atoms with Crippen LogP contribution in [0.2, 0.25) is 0 Å². The first-order chi connectivity index (χ1) is 18.9. The van der Waals surface area contributed by atoms with Gasteiger partial charge in [-0.1, -0.05) is 24.3 Å². The number of fused-ring (bicyclic) bond motifs is 2. The second-order valence-corrected chi connectivity index (χ2v) is 9.91. The molecule has 5 aromatic rings. The van der Waals surface area contributed by atoms with Crippen LogP contribution in [0.15, 0.2) is 60.1 Å². The second-order valence-electron chi connectivity index (χ2n) is 9.03. The lowest BCUT2D eigenvalue weighted by Crippen LogP contribution is -2.34. The lowest BCUT2D eigenvalue weighted by atomic mass is 10.0. The highest BCUT2D eigenvalue weighted by Gasteiger charge is 2.19. The van der Waals surface area contributed by atoms with Crippen molar-refractivity contribution in [1.29, 1.82) is 0 Å². The molecule has 3 aromatic heterocycles. The van der Waals surface area contributed by atoms with Gasteiger partial charge in [0.15, 0.2) is 0 Å². The monoisotopic (exact) mass is 542 g/mol. The first-order valence-electron chi connectivity index (χ1n) is 12.6. The molecule has 200 valence electrons. The van der Waals surface area contributed by atoms with Crippen LogP contribution in [0.25, 0.3) is 32.1 Å². The number of rotatable bonds is 7. The lowest BCUT2D eigenvalue weighted by molar-refractivity contribution is 0.101. The molecule has 3 heterocycles. The van der Waals surface area contributed by atoms with Gasteiger partial charge >= 0.3 is 6.03 Å². The summed E-state index contributed by atoms with van der Waals surface area (Å²) in [5.41, 5.74) is 10.7. The molecule has 0 aliphatic rings. The minimum atomic E-state index is -0.234. The van der Waals surface area contributed by atoms with Crippen molar-refractivity contribution in [3.63, 3.8) is 0 Å². The number of methoxy groups -OCH3 is 1. The van der Waals surface area contributed by atoms with Crippen molar-refractivity contribution >= 4 is 61.5 Å². The van der Waals surface area contributed by atoms with Crippen molar-refractivity contribution in [1.82, 2.24) is 14.5 Å². The molecule has 0 unspecified atom stereocenters. The number of carbonyl (C=O) groups is 2. The largest absolute Gasteiger partial charge is 0.495 e. The van der Waals surface area contributed by atoms with Crippen LogP contribution >= 0.6 is 11.3 Å². The van der Waals surface area contributed by atoms with E-state index in [2.05, 4.69) is 15.6 Å². The quantitative estimate of drug-likeness (QED) is 0.227. The molecule has 4 N–H and O–H groups in total. The number of ether oxygens (including phenoxy) is 1. The van der Waals surface area contributed by atoms with Crippen LogP contribution in [0.5, 0.6) is 5.75 Å². The number of para-hydroxylation sites is 1. The Kier molecular flexibility index (Phi) is 7.12. The van der Waals surface area contributed by atoms with Crippen LogP contribution in [-0.2, 0) is 7.05 Å². The molecule has 5 rings (SSSR count). The molecule has 0 saturated carbocycles. The number of nitrogens with zero attached hydrogens (tertiary/aromatic N) is 3. The van der Waals surface area contributed by atoms with Gasteiger partial charge in [-0.05, 0) is 43.7 Å². The fraction of sp³-hybridized carbons (Fsp3) is 0.207. The van der Waals surface area contributed by atoms with Crippen molar-refractivity contribution < 1.29 is 14.3 Å². The first-order valence-corrected chi connectivity index (χ1v) is 13.5. The Balaban J connectivity index is 1.46. The minimum absolute atomic E-state index is 0.185. The number of aryl methyl sites for hydroxylation is 1. The van der Waals surface area contributed by atoms with E-state index in [0.29, 0.717) is 41.7 Å². The Bertz CT molecular complexity index is 1700. The number of benzene rings is 2. The van der Waals surface area contributed by atoms with E-state index in [1.807, 2.05) is 79.4 Å². The van der Waals surface area contributed by atoms with E-state index >= 15 is 0 Å². The van der Waals surface area contributed by atoms with Gasteiger partial charge in [0.1, 0.15) is 17.3 Å². The zero-order valence-corrected chi connectivity index (χ0v) is 23.1. The topological polar surface area (TPSA) is 115 Å². The van der Waals surface area contributed by atoms with Crippen molar-refractivity contribution in [3.8, 4) is 16.9 Å². The van der Waals surface area contributed by atoms with Crippen LogP contribution < -0.4 is 21.1 Å². The highest BCUT2D eigenvalue weighted by atomic mass is 32.1. The number of anilines is 3. The van der Waals surface area contributed by atoms with Crippen LogP contribution in [0.3, 0.4) is 0 Å². The highest BCUT2D eigenvalue weighted by Crippen LogP contribution is 2.42. The minimum Gasteiger partial charge on any atom is -0.495 e. The zero-order chi connectivity index (χ0) is 27.7. The number of carbonyl (C=O) groups excluding carboxylic acids is 2. The normalized spacial score (nSPS) is 11.1. The van der Waals surface area contributed by atoms with Crippen LogP contribution in [0.4, 0.5) is 22.0 Å². The average Bonchev–Trinajstić information content (AvgIpc) is 3.54. The van der Waals surface area contributed by atoms with Gasteiger partial charge in [-0.25, -0.2) is 9.78 Å². The smallest absolute Gasteiger partial charge is 0.321 e. The third-order valence-corrected chi connectivity index (χ3v) is 7.88. The van der Waals surface area contributed by atoms with Gasteiger partial charge in [0.05, 0.1) is 29.4 Å². The number of hydrogen-bond donors (Lipinski definition) is 3. The summed E-state index contributed by atoms with van der Waals surface area (Å²) in [5, 5.41) is 9.69. The van der Waals surface area contributed by atoms with Crippen LogP contribution in [0.1, 0.15) is 24.3 Å². The fourth-order valence-corrected chi connectivity index (χ4v) is 5.78. The lowest BCUT2D eigenvalue weighted by Gasteiger charge is -2.19. The molecule has 39 heavy (non-hydrogen) atoms. The number of nitrogens with one attached hydrogen (secondary N) is 2. The number of thiophene rings is 1. The Hall–Kier alpha value is -4.57. The van der Waals surface area contributed by atoms with Crippen molar-refractivity contribution in [2.75, 3.05) is 36.6 Å². The van der Waals surface area contributed by atoms with E-state index in [4.69, 9.17) is 10.5 Å². The van der Waals surface area contributed by atoms with Gasteiger partial charge in [-0.15, -0.1) is 11.3 Å². The molecule has 0 spiro atoms. The highest BCUT2D eigenvalue weighted by molar-refractivity contribution is 7.18. The molecule has 0 aliphatic heterocycles. The molecule has 0 bridgehead atoms. The molecule has 0 aliphatic carbocycles. The van der Waals surface area contributed by atoms with E-state index in [1.54, 1.807) is 18.2 Å². The van der Waals surface area contributed by atoms with E-state index in [9.17, 15) is 9.59 Å². The van der Waals surface area contributed by atoms with Crippen molar-refractivity contribution in [2.24, 2.45) is 7.05 Å². The van der Waals surface area contributed by atoms with Gasteiger partial charge in [0.2, 0.25) is 0 Å². The third kappa shape index (κ3) is 4.74. The molecule has 0 fully saturated rings. The Morgan fingerprint density at radius 1 is 1.08 bits per heavy atom.